The Bertz CT molecular complexity index is 586. The molecule has 1 N–H and O–H groups in total. The number of aryl methyl sites for hydroxylation is 1. The van der Waals surface area contributed by atoms with Crippen molar-refractivity contribution < 1.29 is 4.39 Å². The third-order valence-electron chi connectivity index (χ3n) is 3.21. The Kier molecular flexibility index (Phi) is 5.26. The van der Waals surface area contributed by atoms with Crippen LogP contribution in [0.2, 0.25) is 0 Å². The third kappa shape index (κ3) is 3.64. The highest BCUT2D eigenvalue weighted by atomic mass is 79.9. The molecule has 0 aliphatic rings. The zero-order valence-corrected chi connectivity index (χ0v) is 13.2. The van der Waals surface area contributed by atoms with E-state index in [9.17, 15) is 4.39 Å². The van der Waals surface area contributed by atoms with Gasteiger partial charge in [-0.05, 0) is 54.8 Å². The minimum absolute atomic E-state index is 0.0457. The van der Waals surface area contributed by atoms with E-state index in [2.05, 4.69) is 52.2 Å². The molecule has 1 aromatic carbocycles. The molecule has 0 fully saturated rings. The lowest BCUT2D eigenvalue weighted by Crippen LogP contribution is -2.24. The lowest BCUT2D eigenvalue weighted by molar-refractivity contribution is 0.579. The van der Waals surface area contributed by atoms with Crippen molar-refractivity contribution in [2.75, 3.05) is 6.54 Å². The number of rotatable bonds is 5. The van der Waals surface area contributed by atoms with Gasteiger partial charge in [-0.3, -0.25) is 4.98 Å². The average Bonchev–Trinajstić information content (AvgIpc) is 2.43. The highest BCUT2D eigenvalue weighted by Gasteiger charge is 2.16. The molecular weight excluding hydrogens is 319 g/mol. The predicted molar refractivity (Wildman–Crippen MR) is 83.2 cm³/mol. The normalized spacial score (nSPS) is 12.4. The van der Waals surface area contributed by atoms with Gasteiger partial charge in [-0.2, -0.15) is 0 Å². The number of benzene rings is 1. The average molecular weight is 337 g/mol. The lowest BCUT2D eigenvalue weighted by atomic mass is 9.96. The maximum atomic E-state index is 13.4. The van der Waals surface area contributed by atoms with Crippen molar-refractivity contribution in [2.45, 2.75) is 26.3 Å². The zero-order valence-electron chi connectivity index (χ0n) is 11.7. The minimum atomic E-state index is -0.307. The van der Waals surface area contributed by atoms with Gasteiger partial charge in [0, 0.05) is 10.7 Å². The van der Waals surface area contributed by atoms with E-state index in [1.54, 1.807) is 12.3 Å². The molecule has 0 spiro atoms. The fraction of sp³-hybridized carbons (Fsp3) is 0.312. The molecule has 0 aliphatic heterocycles. The van der Waals surface area contributed by atoms with Crippen LogP contribution in [0.1, 0.15) is 36.1 Å². The van der Waals surface area contributed by atoms with Crippen molar-refractivity contribution in [3.63, 3.8) is 0 Å². The van der Waals surface area contributed by atoms with Crippen LogP contribution in [0.25, 0.3) is 0 Å². The van der Waals surface area contributed by atoms with E-state index in [1.807, 2.05) is 6.07 Å². The Morgan fingerprint density at radius 3 is 2.80 bits per heavy atom. The molecule has 0 radical (unpaired) electrons. The summed E-state index contributed by atoms with van der Waals surface area (Å²) in [5.41, 5.74) is 3.16. The first-order valence-corrected chi connectivity index (χ1v) is 7.51. The van der Waals surface area contributed by atoms with Gasteiger partial charge >= 0.3 is 0 Å². The minimum Gasteiger partial charge on any atom is -0.306 e. The molecule has 0 saturated carbocycles. The smallest absolute Gasteiger partial charge is 0.141 e. The number of hydrogen-bond acceptors (Lipinski definition) is 2. The molecule has 2 rings (SSSR count). The molecule has 1 aromatic heterocycles. The van der Waals surface area contributed by atoms with Gasteiger partial charge in [0.1, 0.15) is 5.82 Å². The Morgan fingerprint density at radius 1 is 1.30 bits per heavy atom. The van der Waals surface area contributed by atoms with E-state index in [0.717, 1.165) is 28.6 Å². The molecular formula is C16H18BrFN2. The first-order chi connectivity index (χ1) is 9.61. The molecule has 2 aromatic rings. The number of nitrogens with zero attached hydrogens (tertiary/aromatic N) is 1. The molecule has 0 bridgehead atoms. The van der Waals surface area contributed by atoms with E-state index in [4.69, 9.17) is 0 Å². The van der Waals surface area contributed by atoms with Gasteiger partial charge in [0.15, 0.2) is 0 Å². The number of halogens is 2. The van der Waals surface area contributed by atoms with E-state index in [1.165, 1.54) is 11.8 Å². The van der Waals surface area contributed by atoms with Crippen molar-refractivity contribution in [1.29, 1.82) is 0 Å². The molecule has 1 heterocycles. The summed E-state index contributed by atoms with van der Waals surface area (Å²) < 4.78 is 14.5. The molecule has 20 heavy (non-hydrogen) atoms. The molecule has 0 aliphatic carbocycles. The molecule has 4 heteroatoms. The van der Waals surface area contributed by atoms with E-state index in [0.29, 0.717) is 0 Å². The Balaban J connectivity index is 2.44. The van der Waals surface area contributed by atoms with Crippen molar-refractivity contribution >= 4 is 15.9 Å². The molecule has 106 valence electrons. The monoisotopic (exact) mass is 336 g/mol. The molecule has 2 nitrogen and oxygen atoms in total. The summed E-state index contributed by atoms with van der Waals surface area (Å²) in [6.45, 7) is 5.05. The number of aromatic nitrogens is 1. The second-order valence-corrected chi connectivity index (χ2v) is 5.74. The van der Waals surface area contributed by atoms with Crippen molar-refractivity contribution in [3.8, 4) is 0 Å². The second kappa shape index (κ2) is 6.95. The Morgan fingerprint density at radius 2 is 2.10 bits per heavy atom. The fourth-order valence-corrected chi connectivity index (χ4v) is 2.58. The van der Waals surface area contributed by atoms with Crippen LogP contribution >= 0.6 is 15.9 Å². The van der Waals surface area contributed by atoms with Gasteiger partial charge in [-0.25, -0.2) is 4.39 Å². The van der Waals surface area contributed by atoms with Gasteiger partial charge in [0.05, 0.1) is 12.2 Å². The quantitative estimate of drug-likeness (QED) is 0.876. The topological polar surface area (TPSA) is 24.9 Å². The van der Waals surface area contributed by atoms with Crippen LogP contribution in [-0.2, 0) is 0 Å². The number of pyridine rings is 1. The van der Waals surface area contributed by atoms with Crippen LogP contribution in [0, 0.1) is 12.7 Å². The van der Waals surface area contributed by atoms with E-state index < -0.39 is 0 Å². The molecule has 0 saturated heterocycles. The van der Waals surface area contributed by atoms with Gasteiger partial charge in [-0.1, -0.05) is 28.9 Å². The van der Waals surface area contributed by atoms with E-state index >= 15 is 0 Å². The van der Waals surface area contributed by atoms with Gasteiger partial charge in [0.25, 0.3) is 0 Å². The number of hydrogen-bond donors (Lipinski definition) is 1. The third-order valence-corrected chi connectivity index (χ3v) is 3.70. The summed E-state index contributed by atoms with van der Waals surface area (Å²) in [5.74, 6) is -0.307. The largest absolute Gasteiger partial charge is 0.306 e. The van der Waals surface area contributed by atoms with E-state index in [-0.39, 0.29) is 11.9 Å². The standard InChI is InChI=1S/C16H18BrFN2/c1-3-6-20-16(12-7-14(18)10-19-9-12)15-8-13(17)5-4-11(15)2/h4-5,7-10,16,20H,3,6H2,1-2H3. The van der Waals surface area contributed by atoms with Crippen LogP contribution in [0.5, 0.6) is 0 Å². The summed E-state index contributed by atoms with van der Waals surface area (Å²) in [5, 5.41) is 3.47. The van der Waals surface area contributed by atoms with Gasteiger partial charge in [-0.15, -0.1) is 0 Å². The van der Waals surface area contributed by atoms with Gasteiger partial charge in [0.2, 0.25) is 0 Å². The van der Waals surface area contributed by atoms with Crippen LogP contribution in [0.15, 0.2) is 41.1 Å². The molecule has 1 atom stereocenters. The van der Waals surface area contributed by atoms with Crippen LogP contribution in [0.3, 0.4) is 0 Å². The van der Waals surface area contributed by atoms with Crippen molar-refractivity contribution in [1.82, 2.24) is 10.3 Å². The maximum Gasteiger partial charge on any atom is 0.141 e. The SMILES string of the molecule is CCCNC(c1cncc(F)c1)c1cc(Br)ccc1C. The highest BCUT2D eigenvalue weighted by molar-refractivity contribution is 9.10. The highest BCUT2D eigenvalue weighted by Crippen LogP contribution is 2.27. The van der Waals surface area contributed by atoms with Gasteiger partial charge < -0.3 is 5.32 Å². The van der Waals surface area contributed by atoms with Crippen molar-refractivity contribution in [2.24, 2.45) is 0 Å². The summed E-state index contributed by atoms with van der Waals surface area (Å²) in [6, 6.07) is 7.65. The number of nitrogens with one attached hydrogen (secondary N) is 1. The van der Waals surface area contributed by atoms with Crippen molar-refractivity contribution in [3.05, 3.63) is 63.6 Å². The summed E-state index contributed by atoms with van der Waals surface area (Å²) in [6.07, 6.45) is 3.97. The molecule has 1 unspecified atom stereocenters. The fourth-order valence-electron chi connectivity index (χ4n) is 2.20. The summed E-state index contributed by atoms with van der Waals surface area (Å²) >= 11 is 3.50. The maximum absolute atomic E-state index is 13.4. The van der Waals surface area contributed by atoms with Crippen LogP contribution in [0.4, 0.5) is 4.39 Å². The summed E-state index contributed by atoms with van der Waals surface area (Å²) in [4.78, 5) is 3.96. The predicted octanol–water partition coefficient (Wildman–Crippen LogP) is 4.38. The second-order valence-electron chi connectivity index (χ2n) is 4.82. The first-order valence-electron chi connectivity index (χ1n) is 6.71. The summed E-state index contributed by atoms with van der Waals surface area (Å²) in [7, 11) is 0. The zero-order chi connectivity index (χ0) is 14.5. The Labute approximate surface area is 127 Å². The Hall–Kier alpha value is -1.26. The first kappa shape index (κ1) is 15.1. The lowest BCUT2D eigenvalue weighted by Gasteiger charge is -2.21. The molecule has 0 amide bonds. The van der Waals surface area contributed by atoms with Crippen LogP contribution in [-0.4, -0.2) is 11.5 Å². The van der Waals surface area contributed by atoms with Crippen LogP contribution < -0.4 is 5.32 Å².